The van der Waals surface area contributed by atoms with Crippen LogP contribution in [0.3, 0.4) is 0 Å². The minimum Gasteiger partial charge on any atom is -0.257 e. The average molecular weight is 263 g/mol. The minimum atomic E-state index is -0.431. The summed E-state index contributed by atoms with van der Waals surface area (Å²) in [7, 11) is 0. The second kappa shape index (κ2) is 5.08. The van der Waals surface area contributed by atoms with Crippen LogP contribution in [0.15, 0.2) is 12.3 Å². The third kappa shape index (κ3) is 3.23. The molecule has 1 aromatic heterocycles. The van der Waals surface area contributed by atoms with Gasteiger partial charge in [-0.3, -0.25) is 10.1 Å². The molecule has 0 bridgehead atoms. The number of nitrogens with zero attached hydrogens (tertiary/aromatic N) is 2. The van der Waals surface area contributed by atoms with Gasteiger partial charge in [0.1, 0.15) is 11.2 Å². The number of hydrogen-bond acceptors (Lipinski definition) is 4. The van der Waals surface area contributed by atoms with Crippen molar-refractivity contribution in [3.63, 3.8) is 0 Å². The summed E-state index contributed by atoms with van der Waals surface area (Å²) in [6.07, 6.45) is 5.89. The summed E-state index contributed by atoms with van der Waals surface area (Å²) in [5.41, 5.74) is 0. The van der Waals surface area contributed by atoms with E-state index in [1.165, 1.54) is 6.20 Å². The van der Waals surface area contributed by atoms with E-state index in [0.29, 0.717) is 5.01 Å². The molecule has 0 aromatic carbocycles. The van der Waals surface area contributed by atoms with Gasteiger partial charge in [0.25, 0.3) is 0 Å². The van der Waals surface area contributed by atoms with Crippen molar-refractivity contribution in [2.24, 2.45) is 0 Å². The molecular formula is C7H7BrN2O2S. The van der Waals surface area contributed by atoms with Gasteiger partial charge in [0, 0.05) is 5.33 Å². The van der Waals surface area contributed by atoms with Crippen molar-refractivity contribution in [3.8, 4) is 0 Å². The molecule has 0 fully saturated rings. The van der Waals surface area contributed by atoms with Crippen LogP contribution >= 0.6 is 27.3 Å². The Bertz CT molecular complexity index is 324. The van der Waals surface area contributed by atoms with Gasteiger partial charge in [0.05, 0.1) is 4.92 Å². The lowest BCUT2D eigenvalue weighted by atomic mass is 10.4. The van der Waals surface area contributed by atoms with Crippen molar-refractivity contribution in [2.45, 2.75) is 6.42 Å². The summed E-state index contributed by atoms with van der Waals surface area (Å²) >= 11 is 4.35. The van der Waals surface area contributed by atoms with Crippen LogP contribution in [0, 0.1) is 10.1 Å². The number of nitro groups is 1. The minimum absolute atomic E-state index is 0.0819. The lowest BCUT2D eigenvalue weighted by Gasteiger charge is -1.81. The first-order valence-corrected chi connectivity index (χ1v) is 5.50. The van der Waals surface area contributed by atoms with Crippen LogP contribution in [0.1, 0.15) is 11.4 Å². The topological polar surface area (TPSA) is 56.0 Å². The highest BCUT2D eigenvalue weighted by Gasteiger charge is 2.08. The molecule has 4 nitrogen and oxygen atoms in total. The maximum absolute atomic E-state index is 10.3. The van der Waals surface area contributed by atoms with E-state index in [9.17, 15) is 10.1 Å². The van der Waals surface area contributed by atoms with Gasteiger partial charge in [-0.15, -0.1) is 0 Å². The van der Waals surface area contributed by atoms with E-state index >= 15 is 0 Å². The SMILES string of the molecule is O=[N+]([O-])c1cnc(C=CCCBr)s1. The van der Waals surface area contributed by atoms with Crippen LogP contribution in [0.25, 0.3) is 6.08 Å². The fourth-order valence-electron chi connectivity index (χ4n) is 0.687. The Hall–Kier alpha value is -0.750. The molecular weight excluding hydrogens is 256 g/mol. The van der Waals surface area contributed by atoms with E-state index in [0.717, 1.165) is 23.1 Å². The summed E-state index contributed by atoms with van der Waals surface area (Å²) in [5.74, 6) is 0. The molecule has 1 aromatic rings. The molecule has 1 heterocycles. The van der Waals surface area contributed by atoms with Gasteiger partial charge in [0.15, 0.2) is 0 Å². The van der Waals surface area contributed by atoms with Gasteiger partial charge in [-0.25, -0.2) is 4.98 Å². The van der Waals surface area contributed by atoms with Gasteiger partial charge < -0.3 is 0 Å². The maximum atomic E-state index is 10.3. The number of hydrogen-bond donors (Lipinski definition) is 0. The Balaban J connectivity index is 2.64. The Morgan fingerprint density at radius 2 is 2.54 bits per heavy atom. The molecule has 13 heavy (non-hydrogen) atoms. The van der Waals surface area contributed by atoms with Crippen LogP contribution in [-0.2, 0) is 0 Å². The van der Waals surface area contributed by atoms with E-state index < -0.39 is 4.92 Å². The van der Waals surface area contributed by atoms with Gasteiger partial charge in [-0.05, 0) is 23.8 Å². The standard InChI is InChI=1S/C7H7BrN2O2S/c8-4-2-1-3-6-9-5-7(13-6)10(11)12/h1,3,5H,2,4H2. The molecule has 0 N–H and O–H groups in total. The lowest BCUT2D eigenvalue weighted by Crippen LogP contribution is -1.80. The summed E-state index contributed by atoms with van der Waals surface area (Å²) < 4.78 is 0. The smallest absolute Gasteiger partial charge is 0.257 e. The number of rotatable bonds is 4. The summed E-state index contributed by atoms with van der Waals surface area (Å²) in [4.78, 5) is 13.7. The zero-order chi connectivity index (χ0) is 9.68. The highest BCUT2D eigenvalue weighted by Crippen LogP contribution is 2.21. The molecule has 0 atom stereocenters. The van der Waals surface area contributed by atoms with Crippen molar-refractivity contribution < 1.29 is 4.92 Å². The molecule has 70 valence electrons. The van der Waals surface area contributed by atoms with Gasteiger partial charge in [-0.2, -0.15) is 0 Å². The second-order valence-electron chi connectivity index (χ2n) is 2.17. The zero-order valence-electron chi connectivity index (χ0n) is 6.64. The number of aromatic nitrogens is 1. The Labute approximate surface area is 87.6 Å². The summed E-state index contributed by atoms with van der Waals surface area (Å²) in [6, 6.07) is 0. The lowest BCUT2D eigenvalue weighted by molar-refractivity contribution is -0.380. The average Bonchev–Trinajstić information content (AvgIpc) is 2.53. The number of thiazole rings is 1. The number of halogens is 1. The molecule has 0 amide bonds. The molecule has 6 heteroatoms. The Morgan fingerprint density at radius 1 is 1.77 bits per heavy atom. The second-order valence-corrected chi connectivity index (χ2v) is 4.01. The quantitative estimate of drug-likeness (QED) is 0.476. The van der Waals surface area contributed by atoms with E-state index in [-0.39, 0.29) is 5.00 Å². The number of alkyl halides is 1. The first-order valence-electron chi connectivity index (χ1n) is 3.57. The van der Waals surface area contributed by atoms with Crippen LogP contribution in [0.5, 0.6) is 0 Å². The van der Waals surface area contributed by atoms with Crippen molar-refractivity contribution >= 4 is 38.3 Å². The van der Waals surface area contributed by atoms with Crippen molar-refractivity contribution in [1.82, 2.24) is 4.98 Å². The van der Waals surface area contributed by atoms with Crippen molar-refractivity contribution in [2.75, 3.05) is 5.33 Å². The van der Waals surface area contributed by atoms with Gasteiger partial charge in [-0.1, -0.05) is 22.0 Å². The van der Waals surface area contributed by atoms with Crippen LogP contribution in [0.2, 0.25) is 0 Å². The molecule has 0 unspecified atom stereocenters. The first-order chi connectivity index (χ1) is 6.24. The predicted molar refractivity (Wildman–Crippen MR) is 56.2 cm³/mol. The number of allylic oxidation sites excluding steroid dienone is 1. The zero-order valence-corrected chi connectivity index (χ0v) is 9.05. The van der Waals surface area contributed by atoms with E-state index in [4.69, 9.17) is 0 Å². The molecule has 0 aliphatic rings. The third-order valence-electron chi connectivity index (χ3n) is 1.23. The van der Waals surface area contributed by atoms with Gasteiger partial charge >= 0.3 is 5.00 Å². The molecule has 0 aliphatic carbocycles. The van der Waals surface area contributed by atoms with Crippen LogP contribution < -0.4 is 0 Å². The molecule has 0 saturated carbocycles. The fourth-order valence-corrected chi connectivity index (χ4v) is 1.62. The molecule has 0 spiro atoms. The molecule has 0 radical (unpaired) electrons. The monoisotopic (exact) mass is 262 g/mol. The van der Waals surface area contributed by atoms with E-state index in [1.54, 1.807) is 6.08 Å². The fraction of sp³-hybridized carbons (Fsp3) is 0.286. The van der Waals surface area contributed by atoms with Crippen molar-refractivity contribution in [1.29, 1.82) is 0 Å². The summed E-state index contributed by atoms with van der Waals surface area (Å²) in [6.45, 7) is 0. The van der Waals surface area contributed by atoms with Crippen LogP contribution in [-0.4, -0.2) is 15.2 Å². The maximum Gasteiger partial charge on any atom is 0.344 e. The molecule has 0 saturated heterocycles. The largest absolute Gasteiger partial charge is 0.344 e. The predicted octanol–water partition coefficient (Wildman–Crippen LogP) is 2.85. The van der Waals surface area contributed by atoms with Gasteiger partial charge in [0.2, 0.25) is 0 Å². The Morgan fingerprint density at radius 3 is 3.08 bits per heavy atom. The Kier molecular flexibility index (Phi) is 4.04. The first kappa shape index (κ1) is 10.3. The molecule has 1 rings (SSSR count). The highest BCUT2D eigenvalue weighted by molar-refractivity contribution is 9.09. The molecule has 0 aliphatic heterocycles. The van der Waals surface area contributed by atoms with Crippen molar-refractivity contribution in [3.05, 3.63) is 27.4 Å². The summed E-state index contributed by atoms with van der Waals surface area (Å²) in [5, 5.41) is 11.9. The third-order valence-corrected chi connectivity index (χ3v) is 2.60. The normalized spacial score (nSPS) is 10.8. The van der Waals surface area contributed by atoms with Crippen LogP contribution in [0.4, 0.5) is 5.00 Å². The van der Waals surface area contributed by atoms with E-state index in [1.807, 2.05) is 6.08 Å². The highest BCUT2D eigenvalue weighted by atomic mass is 79.9. The van der Waals surface area contributed by atoms with E-state index in [2.05, 4.69) is 20.9 Å².